The van der Waals surface area contributed by atoms with Gasteiger partial charge in [-0.2, -0.15) is 4.37 Å². The Labute approximate surface area is 87.2 Å². The molecule has 0 aliphatic carbocycles. The van der Waals surface area contributed by atoms with Crippen molar-refractivity contribution in [1.82, 2.24) is 9.36 Å². The summed E-state index contributed by atoms with van der Waals surface area (Å²) in [4.78, 5) is 6.11. The van der Waals surface area contributed by atoms with Crippen LogP contribution in [0.25, 0.3) is 0 Å². The Bertz CT molecular complexity index is 261. The van der Waals surface area contributed by atoms with Crippen LogP contribution in [0.15, 0.2) is 0 Å². The number of hydrogen-bond donors (Lipinski definition) is 2. The van der Waals surface area contributed by atoms with E-state index in [1.165, 1.54) is 11.5 Å². The van der Waals surface area contributed by atoms with Gasteiger partial charge >= 0.3 is 0 Å². The summed E-state index contributed by atoms with van der Waals surface area (Å²) in [5.41, 5.74) is 0. The maximum Gasteiger partial charge on any atom is 0.205 e. The van der Waals surface area contributed by atoms with Crippen LogP contribution in [0.2, 0.25) is 0 Å². The summed E-state index contributed by atoms with van der Waals surface area (Å²) >= 11 is 1.30. The number of hydrogen-bond acceptors (Lipinski definition) is 6. The van der Waals surface area contributed by atoms with Crippen molar-refractivity contribution in [3.05, 3.63) is 5.82 Å². The summed E-state index contributed by atoms with van der Waals surface area (Å²) in [6.07, 6.45) is 0.808. The van der Waals surface area contributed by atoms with E-state index in [1.54, 1.807) is 0 Å². The zero-order chi connectivity index (χ0) is 10.4. The lowest BCUT2D eigenvalue weighted by Gasteiger charge is -2.18. The second-order valence-corrected chi connectivity index (χ2v) is 3.51. The van der Waals surface area contributed by atoms with Crippen molar-refractivity contribution in [2.75, 3.05) is 31.2 Å². The van der Waals surface area contributed by atoms with Gasteiger partial charge in [0.2, 0.25) is 5.13 Å². The SMILES string of the molecule is CCc1nsc(N(CCO)CCO)n1. The summed E-state index contributed by atoms with van der Waals surface area (Å²) in [6, 6.07) is 0. The third-order valence-electron chi connectivity index (χ3n) is 1.78. The van der Waals surface area contributed by atoms with Crippen LogP contribution in [0.3, 0.4) is 0 Å². The molecular weight excluding hydrogens is 202 g/mol. The highest BCUT2D eigenvalue weighted by molar-refractivity contribution is 7.09. The minimum absolute atomic E-state index is 0.0566. The van der Waals surface area contributed by atoms with E-state index in [4.69, 9.17) is 10.2 Å². The number of aliphatic hydroxyl groups is 2. The molecule has 0 fully saturated rings. The van der Waals surface area contributed by atoms with E-state index < -0.39 is 0 Å². The molecule has 0 bridgehead atoms. The molecule has 1 heterocycles. The first-order chi connectivity index (χ1) is 6.81. The number of aryl methyl sites for hydroxylation is 1. The average molecular weight is 217 g/mol. The van der Waals surface area contributed by atoms with Crippen LogP contribution < -0.4 is 4.90 Å². The Morgan fingerprint density at radius 1 is 1.29 bits per heavy atom. The summed E-state index contributed by atoms with van der Waals surface area (Å²) in [5.74, 6) is 0.811. The number of anilines is 1. The first-order valence-corrected chi connectivity index (χ1v) is 5.38. The van der Waals surface area contributed by atoms with Gasteiger partial charge in [0, 0.05) is 31.0 Å². The van der Waals surface area contributed by atoms with Crippen molar-refractivity contribution in [2.45, 2.75) is 13.3 Å². The van der Waals surface area contributed by atoms with E-state index in [9.17, 15) is 0 Å². The smallest absolute Gasteiger partial charge is 0.205 e. The first kappa shape index (κ1) is 11.4. The lowest BCUT2D eigenvalue weighted by Crippen LogP contribution is -2.29. The second-order valence-electron chi connectivity index (χ2n) is 2.78. The molecule has 1 aromatic heterocycles. The highest BCUT2D eigenvalue weighted by atomic mass is 32.1. The van der Waals surface area contributed by atoms with Crippen molar-refractivity contribution in [3.8, 4) is 0 Å². The Morgan fingerprint density at radius 3 is 2.36 bits per heavy atom. The second kappa shape index (κ2) is 5.90. The van der Waals surface area contributed by atoms with E-state index in [1.807, 2.05) is 11.8 Å². The number of nitrogens with zero attached hydrogens (tertiary/aromatic N) is 3. The van der Waals surface area contributed by atoms with Gasteiger partial charge in [0.25, 0.3) is 0 Å². The third kappa shape index (κ3) is 2.90. The molecule has 6 heteroatoms. The van der Waals surface area contributed by atoms with E-state index >= 15 is 0 Å². The molecule has 0 atom stereocenters. The van der Waals surface area contributed by atoms with Gasteiger partial charge in [0.05, 0.1) is 13.2 Å². The average Bonchev–Trinajstić information content (AvgIpc) is 2.65. The fourth-order valence-electron chi connectivity index (χ4n) is 1.06. The monoisotopic (exact) mass is 217 g/mol. The van der Waals surface area contributed by atoms with Gasteiger partial charge in [0.1, 0.15) is 5.82 Å². The van der Waals surface area contributed by atoms with Crippen LogP contribution in [0.1, 0.15) is 12.7 Å². The number of aromatic nitrogens is 2. The first-order valence-electron chi connectivity index (χ1n) is 4.61. The van der Waals surface area contributed by atoms with Crippen molar-refractivity contribution < 1.29 is 10.2 Å². The van der Waals surface area contributed by atoms with Crippen LogP contribution >= 0.6 is 11.5 Å². The lowest BCUT2D eigenvalue weighted by molar-refractivity contribution is 0.281. The topological polar surface area (TPSA) is 69.5 Å². The van der Waals surface area contributed by atoms with Crippen LogP contribution in [0, 0.1) is 0 Å². The van der Waals surface area contributed by atoms with Crippen molar-refractivity contribution in [2.24, 2.45) is 0 Å². The van der Waals surface area contributed by atoms with Crippen LogP contribution in [0.4, 0.5) is 5.13 Å². The molecule has 0 spiro atoms. The molecule has 1 aromatic rings. The van der Waals surface area contributed by atoms with Gasteiger partial charge in [-0.05, 0) is 0 Å². The normalized spacial score (nSPS) is 10.5. The van der Waals surface area contributed by atoms with Gasteiger partial charge in [-0.1, -0.05) is 6.92 Å². The molecule has 5 nitrogen and oxygen atoms in total. The molecule has 0 aromatic carbocycles. The van der Waals surface area contributed by atoms with E-state index in [0.717, 1.165) is 17.4 Å². The summed E-state index contributed by atoms with van der Waals surface area (Å²) < 4.78 is 4.15. The summed E-state index contributed by atoms with van der Waals surface area (Å²) in [6.45, 7) is 3.08. The van der Waals surface area contributed by atoms with Crippen molar-refractivity contribution in [3.63, 3.8) is 0 Å². The highest BCUT2D eigenvalue weighted by Crippen LogP contribution is 2.16. The minimum atomic E-state index is 0.0566. The largest absolute Gasteiger partial charge is 0.395 e. The molecule has 0 radical (unpaired) electrons. The van der Waals surface area contributed by atoms with Crippen molar-refractivity contribution >= 4 is 16.7 Å². The molecule has 0 unspecified atom stereocenters. The van der Waals surface area contributed by atoms with Crippen LogP contribution in [0.5, 0.6) is 0 Å². The van der Waals surface area contributed by atoms with E-state index in [2.05, 4.69) is 9.36 Å². The van der Waals surface area contributed by atoms with Crippen molar-refractivity contribution in [1.29, 1.82) is 0 Å². The van der Waals surface area contributed by atoms with Gasteiger partial charge in [-0.3, -0.25) is 0 Å². The molecule has 0 aliphatic heterocycles. The van der Waals surface area contributed by atoms with Gasteiger partial charge < -0.3 is 15.1 Å². The van der Waals surface area contributed by atoms with E-state index in [-0.39, 0.29) is 13.2 Å². The summed E-state index contributed by atoms with van der Waals surface area (Å²) in [7, 11) is 0. The Morgan fingerprint density at radius 2 is 1.93 bits per heavy atom. The molecule has 0 aliphatic rings. The van der Waals surface area contributed by atoms with Gasteiger partial charge in [-0.15, -0.1) is 0 Å². The van der Waals surface area contributed by atoms with Crippen LogP contribution in [-0.2, 0) is 6.42 Å². The summed E-state index contributed by atoms with van der Waals surface area (Å²) in [5, 5.41) is 18.4. The fraction of sp³-hybridized carbons (Fsp3) is 0.750. The van der Waals surface area contributed by atoms with E-state index in [0.29, 0.717) is 13.1 Å². The van der Waals surface area contributed by atoms with Crippen LogP contribution in [-0.4, -0.2) is 45.9 Å². The number of aliphatic hydroxyl groups excluding tert-OH is 2. The quantitative estimate of drug-likeness (QED) is 0.696. The zero-order valence-corrected chi connectivity index (χ0v) is 9.00. The molecule has 80 valence electrons. The number of rotatable bonds is 6. The molecular formula is C8H15N3O2S. The lowest BCUT2D eigenvalue weighted by atomic mass is 10.5. The third-order valence-corrected chi connectivity index (χ3v) is 2.60. The maximum absolute atomic E-state index is 8.82. The standard InChI is InChI=1S/C8H15N3O2S/c1-2-7-9-8(14-10-7)11(3-5-12)4-6-13/h12-13H,2-6H2,1H3. The Hall–Kier alpha value is -0.720. The molecule has 0 saturated heterocycles. The highest BCUT2D eigenvalue weighted by Gasteiger charge is 2.10. The molecule has 1 rings (SSSR count). The Balaban J connectivity index is 2.65. The predicted molar refractivity (Wildman–Crippen MR) is 55.7 cm³/mol. The Kier molecular flexibility index (Phi) is 4.78. The van der Waals surface area contributed by atoms with Gasteiger partial charge in [0.15, 0.2) is 0 Å². The zero-order valence-electron chi connectivity index (χ0n) is 8.18. The fourth-order valence-corrected chi connectivity index (χ4v) is 1.86. The molecule has 0 saturated carbocycles. The molecule has 2 N–H and O–H groups in total. The maximum atomic E-state index is 8.82. The minimum Gasteiger partial charge on any atom is -0.395 e. The van der Waals surface area contributed by atoms with Gasteiger partial charge in [-0.25, -0.2) is 4.98 Å². The predicted octanol–water partition coefficient (Wildman–Crippen LogP) is -0.108. The molecule has 14 heavy (non-hydrogen) atoms. The molecule has 0 amide bonds.